The molecular weight excluding hydrogens is 278 g/mol. The number of nitrogens with zero attached hydrogens (tertiary/aromatic N) is 1. The summed E-state index contributed by atoms with van der Waals surface area (Å²) >= 11 is 0. The third-order valence-electron chi connectivity index (χ3n) is 4.35. The van der Waals surface area contributed by atoms with Gasteiger partial charge in [-0.25, -0.2) is 8.42 Å². The fourth-order valence-corrected chi connectivity index (χ4v) is 5.34. The van der Waals surface area contributed by atoms with Crippen molar-refractivity contribution in [2.45, 2.75) is 42.6 Å². The highest BCUT2D eigenvalue weighted by molar-refractivity contribution is 7.92. The van der Waals surface area contributed by atoms with Crippen LogP contribution in [0.3, 0.4) is 0 Å². The Balaban J connectivity index is 1.61. The van der Waals surface area contributed by atoms with Crippen molar-refractivity contribution in [3.05, 3.63) is 24.2 Å². The Morgan fingerprint density at radius 3 is 2.45 bits per heavy atom. The number of rotatable bonds is 3. The van der Waals surface area contributed by atoms with Gasteiger partial charge in [0.15, 0.2) is 15.6 Å². The molecule has 1 aromatic rings. The lowest BCUT2D eigenvalue weighted by Crippen LogP contribution is -2.58. The molecule has 1 aliphatic heterocycles. The predicted molar refractivity (Wildman–Crippen MR) is 74.2 cm³/mol. The van der Waals surface area contributed by atoms with Crippen molar-refractivity contribution in [3.8, 4) is 0 Å². The number of likely N-dealkylation sites (tertiary alicyclic amines) is 1. The second-order valence-electron chi connectivity index (χ2n) is 5.66. The maximum atomic E-state index is 12.5. The molecule has 1 saturated heterocycles. The van der Waals surface area contributed by atoms with Gasteiger partial charge in [0.05, 0.1) is 16.8 Å². The van der Waals surface area contributed by atoms with Crippen LogP contribution in [0.2, 0.25) is 0 Å². The van der Waals surface area contributed by atoms with E-state index < -0.39 is 9.84 Å². The fourth-order valence-electron chi connectivity index (χ4n) is 3.03. The Morgan fingerprint density at radius 1 is 1.15 bits per heavy atom. The summed E-state index contributed by atoms with van der Waals surface area (Å²) in [6.45, 7) is 0.608. The van der Waals surface area contributed by atoms with Gasteiger partial charge in [0.25, 0.3) is 5.91 Å². The first-order chi connectivity index (χ1) is 9.59. The molecule has 0 N–H and O–H groups in total. The van der Waals surface area contributed by atoms with Crippen molar-refractivity contribution in [1.29, 1.82) is 0 Å². The molecule has 0 unspecified atom stereocenters. The SMILES string of the molecule is O=C(c1ccco1)N1CC(S(=O)(=O)C2CCCCC2)C1. The highest BCUT2D eigenvalue weighted by atomic mass is 32.2. The van der Waals surface area contributed by atoms with Crippen molar-refractivity contribution < 1.29 is 17.6 Å². The molecule has 2 heterocycles. The van der Waals surface area contributed by atoms with Gasteiger partial charge in [0, 0.05) is 13.1 Å². The van der Waals surface area contributed by atoms with E-state index in [4.69, 9.17) is 4.42 Å². The number of hydrogen-bond donors (Lipinski definition) is 0. The third-order valence-corrected chi connectivity index (χ3v) is 6.98. The van der Waals surface area contributed by atoms with Gasteiger partial charge in [-0.1, -0.05) is 19.3 Å². The molecule has 1 saturated carbocycles. The molecule has 110 valence electrons. The van der Waals surface area contributed by atoms with Crippen LogP contribution in [0.1, 0.15) is 42.7 Å². The van der Waals surface area contributed by atoms with Crippen LogP contribution in [-0.4, -0.2) is 42.8 Å². The third kappa shape index (κ3) is 2.37. The van der Waals surface area contributed by atoms with Gasteiger partial charge in [-0.05, 0) is 25.0 Å². The van der Waals surface area contributed by atoms with Crippen LogP contribution in [0.5, 0.6) is 0 Å². The quantitative estimate of drug-likeness (QED) is 0.854. The number of amides is 1. The lowest BCUT2D eigenvalue weighted by Gasteiger charge is -2.40. The summed E-state index contributed by atoms with van der Waals surface area (Å²) in [5.74, 6) is 0.0589. The van der Waals surface area contributed by atoms with E-state index in [9.17, 15) is 13.2 Å². The largest absolute Gasteiger partial charge is 0.459 e. The molecule has 2 fully saturated rings. The predicted octanol–water partition coefficient (Wildman–Crippen LogP) is 1.85. The van der Waals surface area contributed by atoms with Gasteiger partial charge in [-0.2, -0.15) is 0 Å². The van der Waals surface area contributed by atoms with E-state index in [2.05, 4.69) is 0 Å². The Bertz CT molecular complexity index is 566. The van der Waals surface area contributed by atoms with Crippen LogP contribution < -0.4 is 0 Å². The van der Waals surface area contributed by atoms with Crippen LogP contribution in [0, 0.1) is 0 Å². The molecule has 5 nitrogen and oxygen atoms in total. The molecule has 0 atom stereocenters. The van der Waals surface area contributed by atoms with E-state index in [-0.39, 0.29) is 22.2 Å². The highest BCUT2D eigenvalue weighted by Crippen LogP contribution is 2.30. The zero-order valence-corrected chi connectivity index (χ0v) is 12.1. The van der Waals surface area contributed by atoms with Gasteiger partial charge >= 0.3 is 0 Å². The van der Waals surface area contributed by atoms with E-state index in [1.807, 2.05) is 0 Å². The minimum absolute atomic E-state index is 0.192. The van der Waals surface area contributed by atoms with Crippen molar-refractivity contribution in [2.24, 2.45) is 0 Å². The first kappa shape index (κ1) is 13.7. The van der Waals surface area contributed by atoms with Gasteiger partial charge in [0.2, 0.25) is 0 Å². The van der Waals surface area contributed by atoms with E-state index in [1.165, 1.54) is 6.26 Å². The smallest absolute Gasteiger partial charge is 0.289 e. The van der Waals surface area contributed by atoms with Crippen LogP contribution >= 0.6 is 0 Å². The number of sulfone groups is 1. The summed E-state index contributed by atoms with van der Waals surface area (Å²) in [6, 6.07) is 3.26. The number of carbonyl (C=O) groups excluding carboxylic acids is 1. The molecule has 20 heavy (non-hydrogen) atoms. The standard InChI is InChI=1S/C14H19NO4S/c16-14(13-7-4-8-19-13)15-9-12(10-15)20(17,18)11-5-2-1-3-6-11/h4,7-8,11-12H,1-3,5-6,9-10H2. The van der Waals surface area contributed by atoms with Gasteiger partial charge in [0.1, 0.15) is 0 Å². The fraction of sp³-hybridized carbons (Fsp3) is 0.643. The van der Waals surface area contributed by atoms with Crippen molar-refractivity contribution >= 4 is 15.7 Å². The minimum Gasteiger partial charge on any atom is -0.459 e. The van der Waals surface area contributed by atoms with Gasteiger partial charge < -0.3 is 9.32 Å². The van der Waals surface area contributed by atoms with Gasteiger partial charge in [-0.3, -0.25) is 4.79 Å². The topological polar surface area (TPSA) is 67.6 Å². The molecule has 3 rings (SSSR count). The summed E-state index contributed by atoms with van der Waals surface area (Å²) in [4.78, 5) is 13.5. The molecular formula is C14H19NO4S. The average Bonchev–Trinajstić information content (AvgIpc) is 2.91. The minimum atomic E-state index is -3.09. The zero-order chi connectivity index (χ0) is 14.2. The maximum absolute atomic E-state index is 12.5. The van der Waals surface area contributed by atoms with Crippen molar-refractivity contribution in [3.63, 3.8) is 0 Å². The normalized spacial score (nSPS) is 21.7. The summed E-state index contributed by atoms with van der Waals surface area (Å²) in [5, 5.41) is -0.577. The second kappa shape index (κ2) is 5.24. The Morgan fingerprint density at radius 2 is 1.85 bits per heavy atom. The highest BCUT2D eigenvalue weighted by Gasteiger charge is 2.44. The lowest BCUT2D eigenvalue weighted by atomic mass is 10.0. The van der Waals surface area contributed by atoms with Crippen molar-refractivity contribution in [2.75, 3.05) is 13.1 Å². The molecule has 0 spiro atoms. The second-order valence-corrected chi connectivity index (χ2v) is 8.17. The first-order valence-corrected chi connectivity index (χ1v) is 8.75. The number of furan rings is 1. The van der Waals surface area contributed by atoms with Crippen LogP contribution in [-0.2, 0) is 9.84 Å². The molecule has 2 aliphatic rings. The van der Waals surface area contributed by atoms with Crippen LogP contribution in [0.4, 0.5) is 0 Å². The summed E-state index contributed by atoms with van der Waals surface area (Å²) < 4.78 is 30.0. The van der Waals surface area contributed by atoms with E-state index in [0.717, 1.165) is 32.1 Å². The Kier molecular flexibility index (Phi) is 3.58. The summed E-state index contributed by atoms with van der Waals surface area (Å²) in [7, 11) is -3.09. The number of hydrogen-bond acceptors (Lipinski definition) is 4. The van der Waals surface area contributed by atoms with E-state index in [1.54, 1.807) is 17.0 Å². The molecule has 0 bridgehead atoms. The van der Waals surface area contributed by atoms with Crippen LogP contribution in [0.25, 0.3) is 0 Å². The lowest BCUT2D eigenvalue weighted by molar-refractivity contribution is 0.0625. The summed E-state index contributed by atoms with van der Waals surface area (Å²) in [6.07, 6.45) is 6.16. The molecule has 0 aromatic carbocycles. The van der Waals surface area contributed by atoms with Gasteiger partial charge in [-0.15, -0.1) is 0 Å². The molecule has 1 aliphatic carbocycles. The van der Waals surface area contributed by atoms with E-state index >= 15 is 0 Å². The molecule has 1 aromatic heterocycles. The monoisotopic (exact) mass is 297 g/mol. The molecule has 0 radical (unpaired) electrons. The first-order valence-electron chi connectivity index (χ1n) is 7.14. The zero-order valence-electron chi connectivity index (χ0n) is 11.3. The number of carbonyl (C=O) groups is 1. The average molecular weight is 297 g/mol. The Hall–Kier alpha value is -1.30. The Labute approximate surface area is 118 Å². The van der Waals surface area contributed by atoms with E-state index in [0.29, 0.717) is 13.1 Å². The van der Waals surface area contributed by atoms with Crippen LogP contribution in [0.15, 0.2) is 22.8 Å². The van der Waals surface area contributed by atoms with Crippen molar-refractivity contribution in [1.82, 2.24) is 4.90 Å². The molecule has 1 amide bonds. The maximum Gasteiger partial charge on any atom is 0.289 e. The molecule has 6 heteroatoms. The summed E-state index contributed by atoms with van der Waals surface area (Å²) in [5.41, 5.74) is 0.